The Balaban J connectivity index is 1.04. The lowest BCUT2D eigenvalue weighted by Crippen LogP contribution is -2.00. The quantitative estimate of drug-likeness (QED) is 0.172. The molecule has 0 spiro atoms. The highest BCUT2D eigenvalue weighted by molar-refractivity contribution is 6.24. The van der Waals surface area contributed by atoms with Gasteiger partial charge in [-0.2, -0.15) is 0 Å². The number of nitrogens with zero attached hydrogens (tertiary/aromatic N) is 3. The van der Waals surface area contributed by atoms with Gasteiger partial charge >= 0.3 is 0 Å². The van der Waals surface area contributed by atoms with Gasteiger partial charge in [-0.1, -0.05) is 176 Å². The second-order valence-electron chi connectivity index (χ2n) is 13.2. The van der Waals surface area contributed by atoms with Gasteiger partial charge in [0.05, 0.1) is 0 Å². The first-order chi connectivity index (χ1) is 25.7. The molecule has 0 amide bonds. The highest BCUT2D eigenvalue weighted by atomic mass is 15.0. The van der Waals surface area contributed by atoms with Gasteiger partial charge in [-0.05, 0) is 77.5 Å². The molecule has 52 heavy (non-hydrogen) atoms. The summed E-state index contributed by atoms with van der Waals surface area (Å²) in [4.78, 5) is 15.0. The number of aromatic nitrogens is 3. The summed E-state index contributed by atoms with van der Waals surface area (Å²) in [5.41, 5.74) is 7.42. The van der Waals surface area contributed by atoms with Crippen molar-refractivity contribution in [3.8, 4) is 56.4 Å². The molecule has 3 nitrogen and oxygen atoms in total. The van der Waals surface area contributed by atoms with E-state index in [-0.39, 0.29) is 0 Å². The first-order valence-electron chi connectivity index (χ1n) is 17.6. The van der Waals surface area contributed by atoms with Gasteiger partial charge in [0.1, 0.15) is 0 Å². The maximum absolute atomic E-state index is 5.03. The van der Waals surface area contributed by atoms with E-state index >= 15 is 0 Å². The maximum atomic E-state index is 5.03. The largest absolute Gasteiger partial charge is 0.208 e. The highest BCUT2D eigenvalue weighted by Gasteiger charge is 2.14. The smallest absolute Gasteiger partial charge is 0.164 e. The topological polar surface area (TPSA) is 38.7 Å². The van der Waals surface area contributed by atoms with E-state index in [9.17, 15) is 0 Å². The monoisotopic (exact) mass is 661 g/mol. The molecule has 0 radical (unpaired) electrons. The van der Waals surface area contributed by atoms with E-state index < -0.39 is 0 Å². The molecular weight excluding hydrogens is 631 g/mol. The lowest BCUT2D eigenvalue weighted by Gasteiger charge is -2.12. The summed E-state index contributed by atoms with van der Waals surface area (Å²) in [6, 6.07) is 66.5. The second kappa shape index (κ2) is 12.4. The van der Waals surface area contributed by atoms with Gasteiger partial charge in [0.2, 0.25) is 0 Å². The molecule has 0 aliphatic heterocycles. The minimum Gasteiger partial charge on any atom is -0.208 e. The Morgan fingerprint density at radius 1 is 0.231 bits per heavy atom. The van der Waals surface area contributed by atoms with Crippen LogP contribution < -0.4 is 0 Å². The van der Waals surface area contributed by atoms with Crippen molar-refractivity contribution in [3.63, 3.8) is 0 Å². The third-order valence-corrected chi connectivity index (χ3v) is 10.1. The molecule has 1 aromatic heterocycles. The van der Waals surface area contributed by atoms with Crippen LogP contribution in [0.3, 0.4) is 0 Å². The van der Waals surface area contributed by atoms with Gasteiger partial charge in [0.15, 0.2) is 17.5 Å². The van der Waals surface area contributed by atoms with E-state index in [1.807, 2.05) is 36.4 Å². The Hall–Kier alpha value is -6.97. The summed E-state index contributed by atoms with van der Waals surface area (Å²) in [5, 5.41) is 10.2. The van der Waals surface area contributed by atoms with Crippen molar-refractivity contribution in [2.75, 3.05) is 0 Å². The van der Waals surface area contributed by atoms with Crippen molar-refractivity contribution >= 4 is 43.1 Å². The van der Waals surface area contributed by atoms with Crippen molar-refractivity contribution in [1.82, 2.24) is 15.0 Å². The zero-order valence-corrected chi connectivity index (χ0v) is 28.2. The van der Waals surface area contributed by atoms with Gasteiger partial charge in [0.25, 0.3) is 0 Å². The van der Waals surface area contributed by atoms with Crippen molar-refractivity contribution in [1.29, 1.82) is 0 Å². The van der Waals surface area contributed by atoms with Crippen molar-refractivity contribution in [2.24, 2.45) is 0 Å². The first kappa shape index (κ1) is 29.9. The third kappa shape index (κ3) is 5.28. The van der Waals surface area contributed by atoms with E-state index in [0.29, 0.717) is 17.5 Å². The molecule has 0 fully saturated rings. The Morgan fingerprint density at radius 3 is 1.50 bits per heavy atom. The zero-order valence-electron chi connectivity index (χ0n) is 28.2. The minimum absolute atomic E-state index is 0.643. The van der Waals surface area contributed by atoms with Crippen LogP contribution in [0.25, 0.3) is 99.5 Å². The molecule has 1 heterocycles. The summed E-state index contributed by atoms with van der Waals surface area (Å²) in [7, 11) is 0. The Morgan fingerprint density at radius 2 is 0.712 bits per heavy atom. The number of benzene rings is 9. The summed E-state index contributed by atoms with van der Waals surface area (Å²) in [5.74, 6) is 1.94. The lowest BCUT2D eigenvalue weighted by molar-refractivity contribution is 1.07. The van der Waals surface area contributed by atoms with Crippen LogP contribution >= 0.6 is 0 Å². The van der Waals surface area contributed by atoms with Crippen molar-refractivity contribution in [3.05, 3.63) is 188 Å². The number of hydrogen-bond donors (Lipinski definition) is 0. The summed E-state index contributed by atoms with van der Waals surface area (Å²) in [6.45, 7) is 0. The molecule has 0 N–H and O–H groups in total. The second-order valence-corrected chi connectivity index (χ2v) is 13.2. The van der Waals surface area contributed by atoms with Crippen molar-refractivity contribution in [2.45, 2.75) is 0 Å². The van der Waals surface area contributed by atoms with Gasteiger partial charge < -0.3 is 0 Å². The molecule has 0 unspecified atom stereocenters. The average molecular weight is 662 g/mol. The fourth-order valence-electron chi connectivity index (χ4n) is 7.46. The average Bonchev–Trinajstić information content (AvgIpc) is 3.23. The molecule has 10 rings (SSSR count). The Bertz CT molecular complexity index is 2930. The van der Waals surface area contributed by atoms with Crippen LogP contribution in [-0.2, 0) is 0 Å². The summed E-state index contributed by atoms with van der Waals surface area (Å²) >= 11 is 0. The van der Waals surface area contributed by atoms with Crippen LogP contribution in [0.2, 0.25) is 0 Å². The Labute approximate surface area is 301 Å². The first-order valence-corrected chi connectivity index (χ1v) is 17.6. The molecule has 0 aliphatic rings. The molecule has 9 aromatic carbocycles. The summed E-state index contributed by atoms with van der Waals surface area (Å²) in [6.07, 6.45) is 0. The minimum atomic E-state index is 0.643. The van der Waals surface area contributed by atoms with E-state index in [2.05, 4.69) is 152 Å². The predicted octanol–water partition coefficient (Wildman–Crippen LogP) is 12.8. The number of hydrogen-bond acceptors (Lipinski definition) is 3. The molecule has 0 saturated carbocycles. The molecule has 0 aliphatic carbocycles. The highest BCUT2D eigenvalue weighted by Crippen LogP contribution is 2.37. The normalized spacial score (nSPS) is 11.5. The number of fused-ring (bicyclic) bond motifs is 7. The third-order valence-electron chi connectivity index (χ3n) is 10.1. The van der Waals surface area contributed by atoms with Gasteiger partial charge in [0, 0.05) is 16.7 Å². The molecule has 10 aromatic rings. The molecule has 0 saturated heterocycles. The van der Waals surface area contributed by atoms with Crippen LogP contribution in [0.5, 0.6) is 0 Å². The van der Waals surface area contributed by atoms with E-state index in [0.717, 1.165) is 33.4 Å². The molecule has 3 heteroatoms. The van der Waals surface area contributed by atoms with E-state index in [4.69, 9.17) is 15.0 Å². The predicted molar refractivity (Wildman–Crippen MR) is 217 cm³/mol. The van der Waals surface area contributed by atoms with Crippen LogP contribution in [0, 0.1) is 0 Å². The van der Waals surface area contributed by atoms with Gasteiger partial charge in [-0.25, -0.2) is 15.0 Å². The molecule has 242 valence electrons. The van der Waals surface area contributed by atoms with Crippen LogP contribution in [0.1, 0.15) is 0 Å². The fourth-order valence-corrected chi connectivity index (χ4v) is 7.46. The van der Waals surface area contributed by atoms with Crippen molar-refractivity contribution < 1.29 is 0 Å². The van der Waals surface area contributed by atoms with Crippen LogP contribution in [0.4, 0.5) is 0 Å². The van der Waals surface area contributed by atoms with Gasteiger partial charge in [-0.3, -0.25) is 0 Å². The SMILES string of the molecule is c1ccc(-c2cccc(-c3nc(-c4ccccc4)nc(-c4ccc(-c5ccc6c(ccc7ccc8c9ccccc9ccc8c76)c5)cc4)n3)c2)cc1. The standard InChI is InChI=1S/C49H31N3/c1-3-10-32(11-4-1)38-15-9-16-41(31-38)49-51-47(36-13-5-2-6-14-36)50-48(52-49)37-21-18-33(19-22-37)39-26-27-43-40(30-39)23-20-35-25-28-44-42-17-8-7-12-34(42)24-29-45(44)46(35)43/h1-31H. The molecular formula is C49H31N3. The van der Waals surface area contributed by atoms with Crippen LogP contribution in [0.15, 0.2) is 188 Å². The Kier molecular flexibility index (Phi) is 7.14. The summed E-state index contributed by atoms with van der Waals surface area (Å²) < 4.78 is 0. The number of rotatable bonds is 5. The molecule has 0 atom stereocenters. The van der Waals surface area contributed by atoms with E-state index in [1.165, 1.54) is 48.7 Å². The van der Waals surface area contributed by atoms with Gasteiger partial charge in [-0.15, -0.1) is 0 Å². The zero-order chi connectivity index (χ0) is 34.4. The maximum Gasteiger partial charge on any atom is 0.164 e. The molecule has 0 bridgehead atoms. The lowest BCUT2D eigenvalue weighted by atomic mass is 9.92. The van der Waals surface area contributed by atoms with E-state index in [1.54, 1.807) is 0 Å². The van der Waals surface area contributed by atoms with Crippen LogP contribution in [-0.4, -0.2) is 15.0 Å². The fraction of sp³-hybridized carbons (Fsp3) is 0.